The third kappa shape index (κ3) is 7.00. The number of hydrogen-bond acceptors (Lipinski definition) is 3. The molecule has 112 valence electrons. The van der Waals surface area contributed by atoms with Crippen LogP contribution in [-0.2, 0) is 9.53 Å². The number of amides is 2. The molecule has 0 aliphatic carbocycles. The molecule has 3 atom stereocenters. The minimum Gasteiger partial charge on any atom is -0.481 e. The van der Waals surface area contributed by atoms with Crippen LogP contribution in [0.4, 0.5) is 4.79 Å². The Morgan fingerprint density at radius 3 is 2.16 bits per heavy atom. The van der Waals surface area contributed by atoms with Crippen molar-refractivity contribution in [3.63, 3.8) is 0 Å². The molecule has 0 aliphatic rings. The molecule has 19 heavy (non-hydrogen) atoms. The van der Waals surface area contributed by atoms with E-state index in [1.54, 1.807) is 13.8 Å². The van der Waals surface area contributed by atoms with Gasteiger partial charge in [0, 0.05) is 12.6 Å². The second-order valence-corrected chi connectivity index (χ2v) is 5.04. The molecular weight excluding hydrogens is 248 g/mol. The fourth-order valence-electron chi connectivity index (χ4n) is 1.40. The van der Waals surface area contributed by atoms with Gasteiger partial charge in [0.05, 0.1) is 18.6 Å². The van der Waals surface area contributed by atoms with Gasteiger partial charge in [-0.2, -0.15) is 0 Å². The number of aliphatic carboxylic acids is 1. The monoisotopic (exact) mass is 274 g/mol. The highest BCUT2D eigenvalue weighted by molar-refractivity contribution is 5.76. The van der Waals surface area contributed by atoms with Gasteiger partial charge in [-0.3, -0.25) is 4.79 Å². The van der Waals surface area contributed by atoms with Crippen LogP contribution in [0.15, 0.2) is 0 Å². The summed E-state index contributed by atoms with van der Waals surface area (Å²) in [6, 6.07) is -0.885. The molecule has 0 heterocycles. The van der Waals surface area contributed by atoms with Crippen LogP contribution in [0.3, 0.4) is 0 Å². The van der Waals surface area contributed by atoms with E-state index in [1.165, 1.54) is 0 Å². The van der Waals surface area contributed by atoms with Crippen molar-refractivity contribution < 1.29 is 19.4 Å². The van der Waals surface area contributed by atoms with Crippen LogP contribution in [0.25, 0.3) is 0 Å². The van der Waals surface area contributed by atoms with E-state index < -0.39 is 17.9 Å². The van der Waals surface area contributed by atoms with E-state index in [1.807, 2.05) is 20.8 Å². The largest absolute Gasteiger partial charge is 0.481 e. The van der Waals surface area contributed by atoms with Gasteiger partial charge in [0.2, 0.25) is 0 Å². The Bertz CT molecular complexity index is 294. The van der Waals surface area contributed by atoms with Crippen molar-refractivity contribution in [1.82, 2.24) is 10.6 Å². The van der Waals surface area contributed by atoms with Gasteiger partial charge in [-0.25, -0.2) is 4.79 Å². The summed E-state index contributed by atoms with van der Waals surface area (Å²) in [6.07, 6.45) is 0. The van der Waals surface area contributed by atoms with Crippen LogP contribution in [0.2, 0.25) is 0 Å². The second-order valence-electron chi connectivity index (χ2n) is 5.04. The maximum absolute atomic E-state index is 11.8. The van der Waals surface area contributed by atoms with Gasteiger partial charge in [0.15, 0.2) is 0 Å². The molecule has 0 aliphatic heterocycles. The van der Waals surface area contributed by atoms with E-state index in [2.05, 4.69) is 10.6 Å². The Morgan fingerprint density at radius 2 is 1.74 bits per heavy atom. The third-order valence-corrected chi connectivity index (χ3v) is 3.12. The number of carbonyl (C=O) groups excluding carboxylic acids is 1. The van der Waals surface area contributed by atoms with Crippen molar-refractivity contribution >= 4 is 12.0 Å². The van der Waals surface area contributed by atoms with E-state index >= 15 is 0 Å². The molecule has 2 amide bonds. The average Bonchev–Trinajstić information content (AvgIpc) is 2.32. The van der Waals surface area contributed by atoms with Crippen LogP contribution in [-0.4, -0.2) is 42.4 Å². The Morgan fingerprint density at radius 1 is 1.16 bits per heavy atom. The number of hydrogen-bond donors (Lipinski definition) is 3. The van der Waals surface area contributed by atoms with Crippen molar-refractivity contribution in [2.45, 2.75) is 46.7 Å². The molecule has 6 nitrogen and oxygen atoms in total. The number of carbonyl (C=O) groups is 2. The number of rotatable bonds is 8. The fraction of sp³-hybridized carbons (Fsp3) is 0.846. The lowest BCUT2D eigenvalue weighted by molar-refractivity contribution is -0.141. The molecule has 0 rings (SSSR count). The zero-order valence-corrected chi connectivity index (χ0v) is 12.4. The molecule has 0 spiro atoms. The third-order valence-electron chi connectivity index (χ3n) is 3.12. The highest BCUT2D eigenvalue weighted by Gasteiger charge is 2.22. The van der Waals surface area contributed by atoms with Gasteiger partial charge >= 0.3 is 12.0 Å². The molecule has 0 radical (unpaired) electrons. The summed E-state index contributed by atoms with van der Waals surface area (Å²) in [6.45, 7) is 10.2. The Kier molecular flexibility index (Phi) is 8.14. The molecule has 0 bridgehead atoms. The summed E-state index contributed by atoms with van der Waals surface area (Å²) < 4.78 is 5.31. The average molecular weight is 274 g/mol. The minimum absolute atomic E-state index is 0.0905. The first-order valence-corrected chi connectivity index (χ1v) is 6.67. The SMILES string of the molecule is CCOCC(NC(=O)NC(C)C(C)C(=O)O)C(C)C. The van der Waals surface area contributed by atoms with Crippen molar-refractivity contribution in [2.24, 2.45) is 11.8 Å². The van der Waals surface area contributed by atoms with Crippen molar-refractivity contribution in [3.05, 3.63) is 0 Å². The first-order chi connectivity index (χ1) is 8.79. The normalized spacial score (nSPS) is 15.7. The van der Waals surface area contributed by atoms with Crippen LogP contribution in [0.1, 0.15) is 34.6 Å². The van der Waals surface area contributed by atoms with Gasteiger partial charge < -0.3 is 20.5 Å². The molecule has 3 unspecified atom stereocenters. The summed E-state index contributed by atoms with van der Waals surface area (Å²) in [7, 11) is 0. The summed E-state index contributed by atoms with van der Waals surface area (Å²) >= 11 is 0. The number of urea groups is 1. The smallest absolute Gasteiger partial charge is 0.315 e. The molecule has 0 aromatic heterocycles. The van der Waals surface area contributed by atoms with Crippen LogP contribution in [0.5, 0.6) is 0 Å². The number of carboxylic acid groups (broad SMARTS) is 1. The fourth-order valence-corrected chi connectivity index (χ4v) is 1.40. The quantitative estimate of drug-likeness (QED) is 0.625. The molecule has 0 aromatic carbocycles. The zero-order valence-electron chi connectivity index (χ0n) is 12.4. The first-order valence-electron chi connectivity index (χ1n) is 6.67. The molecule has 3 N–H and O–H groups in total. The van der Waals surface area contributed by atoms with E-state index in [-0.39, 0.29) is 18.0 Å². The molecule has 0 saturated carbocycles. The predicted octanol–water partition coefficient (Wildman–Crippen LogP) is 1.46. The maximum atomic E-state index is 11.8. The van der Waals surface area contributed by atoms with Gasteiger partial charge in [0.1, 0.15) is 0 Å². The lowest BCUT2D eigenvalue weighted by Gasteiger charge is -2.24. The highest BCUT2D eigenvalue weighted by atomic mass is 16.5. The zero-order chi connectivity index (χ0) is 15.0. The van der Waals surface area contributed by atoms with Gasteiger partial charge in [-0.1, -0.05) is 13.8 Å². The Balaban J connectivity index is 4.29. The molecule has 0 fully saturated rings. The number of ether oxygens (including phenoxy) is 1. The standard InChI is InChI=1S/C13H26N2O4/c1-6-19-7-11(8(2)3)15-13(18)14-10(5)9(4)12(16)17/h8-11H,6-7H2,1-5H3,(H,16,17)(H2,14,15,18). The lowest BCUT2D eigenvalue weighted by atomic mass is 10.0. The van der Waals surface area contributed by atoms with Gasteiger partial charge in [-0.05, 0) is 26.7 Å². The molecular formula is C13H26N2O4. The minimum atomic E-state index is -0.928. The van der Waals surface area contributed by atoms with E-state index in [4.69, 9.17) is 9.84 Å². The predicted molar refractivity (Wildman–Crippen MR) is 73.0 cm³/mol. The van der Waals surface area contributed by atoms with E-state index in [9.17, 15) is 9.59 Å². The summed E-state index contributed by atoms with van der Waals surface area (Å²) in [5, 5.41) is 14.3. The van der Waals surface area contributed by atoms with E-state index in [0.717, 1.165) is 0 Å². The van der Waals surface area contributed by atoms with Crippen molar-refractivity contribution in [2.75, 3.05) is 13.2 Å². The first kappa shape index (κ1) is 17.7. The lowest BCUT2D eigenvalue weighted by Crippen LogP contribution is -2.51. The molecule has 6 heteroatoms. The second kappa shape index (κ2) is 8.74. The summed E-state index contributed by atoms with van der Waals surface area (Å²) in [5.41, 5.74) is 0. The Hall–Kier alpha value is -1.30. The molecule has 0 saturated heterocycles. The summed E-state index contributed by atoms with van der Waals surface area (Å²) in [4.78, 5) is 22.6. The molecule has 0 aromatic rings. The van der Waals surface area contributed by atoms with Crippen molar-refractivity contribution in [3.8, 4) is 0 Å². The summed E-state index contributed by atoms with van der Waals surface area (Å²) in [5.74, 6) is -1.32. The Labute approximate surface area is 114 Å². The van der Waals surface area contributed by atoms with Crippen molar-refractivity contribution in [1.29, 1.82) is 0 Å². The number of carboxylic acids is 1. The van der Waals surface area contributed by atoms with Crippen LogP contribution >= 0.6 is 0 Å². The van der Waals surface area contributed by atoms with Crippen LogP contribution < -0.4 is 10.6 Å². The van der Waals surface area contributed by atoms with Gasteiger partial charge in [-0.15, -0.1) is 0 Å². The van der Waals surface area contributed by atoms with Crippen LogP contribution in [0, 0.1) is 11.8 Å². The topological polar surface area (TPSA) is 87.7 Å². The number of nitrogens with one attached hydrogen (secondary N) is 2. The van der Waals surface area contributed by atoms with Gasteiger partial charge in [0.25, 0.3) is 0 Å². The van der Waals surface area contributed by atoms with E-state index in [0.29, 0.717) is 13.2 Å². The maximum Gasteiger partial charge on any atom is 0.315 e. The highest BCUT2D eigenvalue weighted by Crippen LogP contribution is 2.04.